The first-order valence-electron chi connectivity index (χ1n) is 8.33. The maximum Gasteiger partial charge on any atom is 0.260 e. The molecule has 1 N–H and O–H groups in total. The molecule has 2 aromatic rings. The van der Waals surface area contributed by atoms with Crippen LogP contribution in [0.5, 0.6) is 5.75 Å². The SMILES string of the molecule is Cc1cc(O[C@@H](C)C(=O)NCCCc2ccccc2Cl)cc(C)c1Cl. The number of hydrogen-bond acceptors (Lipinski definition) is 2. The number of nitrogens with one attached hydrogen (secondary N) is 1. The van der Waals surface area contributed by atoms with Crippen molar-refractivity contribution in [1.82, 2.24) is 5.32 Å². The number of ether oxygens (including phenoxy) is 1. The molecule has 2 rings (SSSR count). The first kappa shape index (κ1) is 19.6. The van der Waals surface area contributed by atoms with Gasteiger partial charge in [-0.05, 0) is 68.5 Å². The molecule has 2 aromatic carbocycles. The highest BCUT2D eigenvalue weighted by Crippen LogP contribution is 2.26. The molecule has 0 saturated heterocycles. The normalized spacial score (nSPS) is 11.9. The van der Waals surface area contributed by atoms with E-state index < -0.39 is 6.10 Å². The van der Waals surface area contributed by atoms with Crippen molar-refractivity contribution in [2.45, 2.75) is 39.7 Å². The third kappa shape index (κ3) is 5.65. The maximum absolute atomic E-state index is 12.2. The number of carbonyl (C=O) groups is 1. The van der Waals surface area contributed by atoms with Gasteiger partial charge in [-0.25, -0.2) is 0 Å². The molecule has 0 aromatic heterocycles. The fraction of sp³-hybridized carbons (Fsp3) is 0.350. The van der Waals surface area contributed by atoms with Crippen LogP contribution in [0.25, 0.3) is 0 Å². The summed E-state index contributed by atoms with van der Waals surface area (Å²) >= 11 is 12.3. The van der Waals surface area contributed by atoms with E-state index in [1.54, 1.807) is 6.92 Å². The molecule has 0 bridgehead atoms. The molecule has 5 heteroatoms. The van der Waals surface area contributed by atoms with Crippen LogP contribution in [0.1, 0.15) is 30.0 Å². The van der Waals surface area contributed by atoms with Crippen LogP contribution >= 0.6 is 23.2 Å². The summed E-state index contributed by atoms with van der Waals surface area (Å²) in [4.78, 5) is 12.2. The molecule has 0 fully saturated rings. The quantitative estimate of drug-likeness (QED) is 0.677. The highest BCUT2D eigenvalue weighted by molar-refractivity contribution is 6.32. The van der Waals surface area contributed by atoms with Gasteiger partial charge in [0.05, 0.1) is 0 Å². The summed E-state index contributed by atoms with van der Waals surface area (Å²) in [5.41, 5.74) is 2.96. The number of benzene rings is 2. The summed E-state index contributed by atoms with van der Waals surface area (Å²) in [6.07, 6.45) is 1.08. The third-order valence-corrected chi connectivity index (χ3v) is 4.94. The van der Waals surface area contributed by atoms with Crippen LogP contribution in [0.2, 0.25) is 10.0 Å². The topological polar surface area (TPSA) is 38.3 Å². The maximum atomic E-state index is 12.2. The van der Waals surface area contributed by atoms with Crippen molar-refractivity contribution in [3.8, 4) is 5.75 Å². The van der Waals surface area contributed by atoms with E-state index in [9.17, 15) is 4.79 Å². The van der Waals surface area contributed by atoms with Gasteiger partial charge in [0.1, 0.15) is 5.75 Å². The predicted octanol–water partition coefficient (Wildman–Crippen LogP) is 5.13. The van der Waals surface area contributed by atoms with Crippen molar-refractivity contribution in [3.63, 3.8) is 0 Å². The Hall–Kier alpha value is -1.71. The van der Waals surface area contributed by atoms with Crippen LogP contribution < -0.4 is 10.1 Å². The average Bonchev–Trinajstić information content (AvgIpc) is 2.57. The highest BCUT2D eigenvalue weighted by Gasteiger charge is 2.15. The molecule has 0 spiro atoms. The molecule has 3 nitrogen and oxygen atoms in total. The molecule has 0 aliphatic carbocycles. The molecule has 1 amide bonds. The second-order valence-electron chi connectivity index (χ2n) is 6.12. The third-order valence-electron chi connectivity index (χ3n) is 3.97. The molecule has 1 atom stereocenters. The Morgan fingerprint density at radius 2 is 1.80 bits per heavy atom. The Balaban J connectivity index is 1.79. The van der Waals surface area contributed by atoms with Gasteiger partial charge in [-0.15, -0.1) is 0 Å². The lowest BCUT2D eigenvalue weighted by molar-refractivity contribution is -0.127. The second-order valence-corrected chi connectivity index (χ2v) is 6.90. The Morgan fingerprint density at radius 3 is 2.44 bits per heavy atom. The van der Waals surface area contributed by atoms with E-state index in [-0.39, 0.29) is 5.91 Å². The van der Waals surface area contributed by atoms with E-state index in [2.05, 4.69) is 5.32 Å². The fourth-order valence-electron chi connectivity index (χ4n) is 2.57. The van der Waals surface area contributed by atoms with Crippen LogP contribution in [0.15, 0.2) is 36.4 Å². The first-order chi connectivity index (χ1) is 11.9. The molecular weight excluding hydrogens is 357 g/mol. The minimum atomic E-state index is -0.569. The molecule has 0 unspecified atom stereocenters. The molecule has 134 valence electrons. The van der Waals surface area contributed by atoms with Gasteiger partial charge in [0.2, 0.25) is 0 Å². The van der Waals surface area contributed by atoms with E-state index in [4.69, 9.17) is 27.9 Å². The van der Waals surface area contributed by atoms with Gasteiger partial charge in [0.25, 0.3) is 5.91 Å². The van der Waals surface area contributed by atoms with Crippen molar-refractivity contribution in [1.29, 1.82) is 0 Å². The first-order valence-corrected chi connectivity index (χ1v) is 9.08. The van der Waals surface area contributed by atoms with Gasteiger partial charge in [-0.1, -0.05) is 41.4 Å². The zero-order chi connectivity index (χ0) is 18.4. The van der Waals surface area contributed by atoms with E-state index in [1.165, 1.54) is 0 Å². The minimum absolute atomic E-state index is 0.135. The summed E-state index contributed by atoms with van der Waals surface area (Å²) in [5.74, 6) is 0.516. The summed E-state index contributed by atoms with van der Waals surface area (Å²) in [5, 5.41) is 4.39. The van der Waals surface area contributed by atoms with Gasteiger partial charge >= 0.3 is 0 Å². The number of halogens is 2. The highest BCUT2D eigenvalue weighted by atomic mass is 35.5. The van der Waals surface area contributed by atoms with E-state index in [1.807, 2.05) is 50.2 Å². The van der Waals surface area contributed by atoms with E-state index in [0.717, 1.165) is 39.6 Å². The number of rotatable bonds is 7. The fourth-order valence-corrected chi connectivity index (χ4v) is 2.91. The zero-order valence-corrected chi connectivity index (χ0v) is 16.2. The lowest BCUT2D eigenvalue weighted by Crippen LogP contribution is -2.37. The number of amides is 1. The number of aryl methyl sites for hydroxylation is 3. The van der Waals surface area contributed by atoms with E-state index in [0.29, 0.717) is 12.3 Å². The molecule has 25 heavy (non-hydrogen) atoms. The number of carbonyl (C=O) groups excluding carboxylic acids is 1. The van der Waals surface area contributed by atoms with Gasteiger partial charge in [0, 0.05) is 16.6 Å². The summed E-state index contributed by atoms with van der Waals surface area (Å²) < 4.78 is 5.74. The van der Waals surface area contributed by atoms with Gasteiger partial charge in [0.15, 0.2) is 6.10 Å². The van der Waals surface area contributed by atoms with Crippen LogP contribution in [0, 0.1) is 13.8 Å². The van der Waals surface area contributed by atoms with Crippen LogP contribution in [0.4, 0.5) is 0 Å². The standard InChI is InChI=1S/C20H23Cl2NO2/c1-13-11-17(12-14(2)19(13)22)25-15(3)20(24)23-10-6-8-16-7-4-5-9-18(16)21/h4-5,7,9,11-12,15H,6,8,10H2,1-3H3,(H,23,24)/t15-/m0/s1. The zero-order valence-electron chi connectivity index (χ0n) is 14.7. The Morgan fingerprint density at radius 1 is 1.16 bits per heavy atom. The Kier molecular flexibility index (Phi) is 7.15. The molecule has 0 heterocycles. The minimum Gasteiger partial charge on any atom is -0.481 e. The summed E-state index contributed by atoms with van der Waals surface area (Å²) in [7, 11) is 0. The largest absolute Gasteiger partial charge is 0.481 e. The second kappa shape index (κ2) is 9.12. The van der Waals surface area contributed by atoms with Crippen molar-refractivity contribution in [3.05, 3.63) is 63.1 Å². The Bertz CT molecular complexity index is 723. The van der Waals surface area contributed by atoms with E-state index >= 15 is 0 Å². The van der Waals surface area contributed by atoms with Gasteiger partial charge in [-0.3, -0.25) is 4.79 Å². The van der Waals surface area contributed by atoms with Crippen molar-refractivity contribution >= 4 is 29.1 Å². The van der Waals surface area contributed by atoms with Crippen LogP contribution in [-0.2, 0) is 11.2 Å². The Labute approximate surface area is 159 Å². The lowest BCUT2D eigenvalue weighted by Gasteiger charge is -2.16. The van der Waals surface area contributed by atoms with Crippen LogP contribution in [-0.4, -0.2) is 18.6 Å². The van der Waals surface area contributed by atoms with Gasteiger partial charge in [-0.2, -0.15) is 0 Å². The van der Waals surface area contributed by atoms with Crippen LogP contribution in [0.3, 0.4) is 0 Å². The molecule has 0 aliphatic heterocycles. The predicted molar refractivity (Wildman–Crippen MR) is 104 cm³/mol. The average molecular weight is 380 g/mol. The van der Waals surface area contributed by atoms with Crippen molar-refractivity contribution in [2.75, 3.05) is 6.54 Å². The summed E-state index contributed by atoms with van der Waals surface area (Å²) in [6, 6.07) is 11.4. The lowest BCUT2D eigenvalue weighted by atomic mass is 10.1. The van der Waals surface area contributed by atoms with Crippen molar-refractivity contribution in [2.24, 2.45) is 0 Å². The van der Waals surface area contributed by atoms with Crippen molar-refractivity contribution < 1.29 is 9.53 Å². The molecular formula is C20H23Cl2NO2. The smallest absolute Gasteiger partial charge is 0.260 e. The summed E-state index contributed by atoms with van der Waals surface area (Å²) in [6.45, 7) is 6.16. The monoisotopic (exact) mass is 379 g/mol. The van der Waals surface area contributed by atoms with Gasteiger partial charge < -0.3 is 10.1 Å². The number of hydrogen-bond donors (Lipinski definition) is 1. The molecule has 0 aliphatic rings. The molecule has 0 radical (unpaired) electrons. The molecule has 0 saturated carbocycles.